The number of hydrogen-bond acceptors (Lipinski definition) is 7. The summed E-state index contributed by atoms with van der Waals surface area (Å²) in [6, 6.07) is 8.62. The van der Waals surface area contributed by atoms with Gasteiger partial charge in [-0.3, -0.25) is 4.79 Å². The highest BCUT2D eigenvalue weighted by Crippen LogP contribution is 2.47. The molecule has 4 fully saturated rings. The molecule has 3 aromatic rings. The van der Waals surface area contributed by atoms with Crippen LogP contribution in [0.15, 0.2) is 36.8 Å². The molecule has 3 aromatic heterocycles. The highest BCUT2D eigenvalue weighted by atomic mass is 16.5. The third kappa shape index (κ3) is 4.37. The van der Waals surface area contributed by atoms with Crippen LogP contribution < -0.4 is 9.64 Å². The van der Waals surface area contributed by atoms with E-state index in [0.717, 1.165) is 49.3 Å². The first kappa shape index (κ1) is 24.7. The zero-order valence-electron chi connectivity index (χ0n) is 22.4. The Balaban J connectivity index is 1.20. The second kappa shape index (κ2) is 8.70. The van der Waals surface area contributed by atoms with Crippen LogP contribution in [-0.2, 0) is 4.79 Å². The van der Waals surface area contributed by atoms with Crippen molar-refractivity contribution in [3.8, 4) is 22.9 Å². The average Bonchev–Trinajstić information content (AvgIpc) is 3.28. The summed E-state index contributed by atoms with van der Waals surface area (Å²) in [6.45, 7) is 9.57. The summed E-state index contributed by atoms with van der Waals surface area (Å²) in [5, 5.41) is 24.0. The van der Waals surface area contributed by atoms with Crippen molar-refractivity contribution in [3.63, 3.8) is 0 Å². The lowest BCUT2D eigenvalue weighted by Gasteiger charge is -2.58. The minimum Gasteiger partial charge on any atom is -0.489 e. The van der Waals surface area contributed by atoms with Crippen molar-refractivity contribution < 1.29 is 14.6 Å². The van der Waals surface area contributed by atoms with E-state index in [2.05, 4.69) is 34.8 Å². The average molecular weight is 515 g/mol. The monoisotopic (exact) mass is 514 g/mol. The number of aliphatic hydroxyl groups is 1. The van der Waals surface area contributed by atoms with Crippen molar-refractivity contribution in [2.75, 3.05) is 24.6 Å². The lowest BCUT2D eigenvalue weighted by Crippen LogP contribution is -2.71. The third-order valence-electron chi connectivity index (χ3n) is 8.08. The van der Waals surface area contributed by atoms with Gasteiger partial charge in [-0.2, -0.15) is 10.4 Å². The van der Waals surface area contributed by atoms with Gasteiger partial charge in [0.05, 0.1) is 41.2 Å². The molecule has 9 nitrogen and oxygen atoms in total. The van der Waals surface area contributed by atoms with Crippen molar-refractivity contribution in [2.24, 2.45) is 11.3 Å². The Hall–Kier alpha value is -3.64. The van der Waals surface area contributed by atoms with E-state index in [9.17, 15) is 15.2 Å². The molecule has 198 valence electrons. The van der Waals surface area contributed by atoms with Crippen LogP contribution in [0, 0.1) is 22.7 Å². The molecular formula is C29H34N6O3. The number of amides is 1. The van der Waals surface area contributed by atoms with Gasteiger partial charge in [-0.15, -0.1) is 0 Å². The third-order valence-corrected chi connectivity index (χ3v) is 8.08. The molecule has 0 spiro atoms. The number of ether oxygens (including phenoxy) is 1. The summed E-state index contributed by atoms with van der Waals surface area (Å²) in [4.78, 5) is 22.2. The van der Waals surface area contributed by atoms with Crippen LogP contribution in [-0.4, -0.2) is 67.9 Å². The number of aromatic nitrogens is 3. The normalized spacial score (nSPS) is 22.5. The quantitative estimate of drug-likeness (QED) is 0.535. The van der Waals surface area contributed by atoms with Gasteiger partial charge in [-0.1, -0.05) is 13.8 Å². The number of piperidine rings is 1. The second-order valence-corrected chi connectivity index (χ2v) is 12.5. The van der Waals surface area contributed by atoms with Gasteiger partial charge in [0, 0.05) is 36.3 Å². The molecule has 1 aliphatic carbocycles. The molecule has 4 aliphatic rings. The van der Waals surface area contributed by atoms with Gasteiger partial charge >= 0.3 is 0 Å². The summed E-state index contributed by atoms with van der Waals surface area (Å²) in [5.74, 6) is 1.97. The molecular weight excluding hydrogens is 480 g/mol. The fourth-order valence-electron chi connectivity index (χ4n) is 6.29. The lowest BCUT2D eigenvalue weighted by atomic mass is 9.63. The molecule has 2 bridgehead atoms. The molecule has 1 N–H and O–H groups in total. The van der Waals surface area contributed by atoms with Gasteiger partial charge in [-0.05, 0) is 56.7 Å². The number of anilines is 1. The predicted molar refractivity (Wildman–Crippen MR) is 143 cm³/mol. The van der Waals surface area contributed by atoms with Crippen LogP contribution in [0.3, 0.4) is 0 Å². The van der Waals surface area contributed by atoms with Gasteiger partial charge < -0.3 is 19.6 Å². The molecule has 38 heavy (non-hydrogen) atoms. The first-order valence-electron chi connectivity index (χ1n) is 13.3. The molecule has 2 unspecified atom stereocenters. The molecule has 1 saturated carbocycles. The number of piperazine rings is 1. The van der Waals surface area contributed by atoms with Crippen LogP contribution in [0.5, 0.6) is 5.75 Å². The zero-order chi connectivity index (χ0) is 26.8. The number of nitrogens with zero attached hydrogens (tertiary/aromatic N) is 6. The molecule has 6 heterocycles. The smallest absolute Gasteiger partial charge is 0.226 e. The molecule has 0 radical (unpaired) electrons. The fraction of sp³-hybridized carbons (Fsp3) is 0.517. The summed E-state index contributed by atoms with van der Waals surface area (Å²) in [7, 11) is 0. The molecule has 2 atom stereocenters. The predicted octanol–water partition coefficient (Wildman–Crippen LogP) is 3.64. The summed E-state index contributed by atoms with van der Waals surface area (Å²) in [5.41, 5.74) is 2.10. The van der Waals surface area contributed by atoms with Crippen molar-refractivity contribution in [2.45, 2.75) is 64.6 Å². The van der Waals surface area contributed by atoms with Crippen molar-refractivity contribution in [3.05, 3.63) is 42.4 Å². The Bertz CT molecular complexity index is 1410. The van der Waals surface area contributed by atoms with Crippen molar-refractivity contribution >= 4 is 17.2 Å². The molecule has 3 saturated heterocycles. The van der Waals surface area contributed by atoms with Crippen LogP contribution in [0.4, 0.5) is 5.82 Å². The standard InChI is InChI=1S/C29H34N6O3/c1-28(2)9-19(10-28)27(36)35-21-7-22(35)15-33(14-21)25-6-5-18(12-31-25)24-8-23(38-17-29(3,4)37)16-34-26(24)20(11-30)13-32-34/h5-6,8,12-13,16,19,21-22,37H,7,9-10,14-15,17H2,1-4H3. The molecule has 7 rings (SSSR count). The number of pyridine rings is 2. The summed E-state index contributed by atoms with van der Waals surface area (Å²) in [6.07, 6.45) is 8.14. The van der Waals surface area contributed by atoms with E-state index in [-0.39, 0.29) is 24.6 Å². The minimum absolute atomic E-state index is 0.122. The number of fused-ring (bicyclic) bond motifs is 3. The maximum atomic E-state index is 13.1. The summed E-state index contributed by atoms with van der Waals surface area (Å²) >= 11 is 0. The van der Waals surface area contributed by atoms with E-state index in [4.69, 9.17) is 9.72 Å². The maximum absolute atomic E-state index is 13.1. The van der Waals surface area contributed by atoms with Crippen LogP contribution in [0.25, 0.3) is 16.6 Å². The Morgan fingerprint density at radius 2 is 1.97 bits per heavy atom. The van der Waals surface area contributed by atoms with E-state index in [1.54, 1.807) is 24.6 Å². The van der Waals surface area contributed by atoms with Gasteiger partial charge in [-0.25, -0.2) is 9.50 Å². The van der Waals surface area contributed by atoms with Gasteiger partial charge in [0.1, 0.15) is 24.2 Å². The fourth-order valence-corrected chi connectivity index (χ4v) is 6.29. The van der Waals surface area contributed by atoms with Gasteiger partial charge in [0.25, 0.3) is 0 Å². The Labute approximate surface area is 222 Å². The van der Waals surface area contributed by atoms with E-state index < -0.39 is 5.60 Å². The Kier molecular flexibility index (Phi) is 5.65. The number of carbonyl (C=O) groups excluding carboxylic acids is 1. The van der Waals surface area contributed by atoms with Crippen LogP contribution >= 0.6 is 0 Å². The molecule has 0 aromatic carbocycles. The number of hydrogen-bond donors (Lipinski definition) is 1. The van der Waals surface area contributed by atoms with E-state index >= 15 is 0 Å². The number of carbonyl (C=O) groups is 1. The van der Waals surface area contributed by atoms with Crippen molar-refractivity contribution in [1.29, 1.82) is 5.26 Å². The Morgan fingerprint density at radius 3 is 2.58 bits per heavy atom. The number of nitriles is 1. The lowest BCUT2D eigenvalue weighted by molar-refractivity contribution is -0.157. The van der Waals surface area contributed by atoms with E-state index in [1.807, 2.05) is 24.4 Å². The SMILES string of the molecule is CC(C)(O)COc1cc(-c2ccc(N3CC4CC(C3)N4C(=O)C3CC(C)(C)C3)nc2)c2c(C#N)cnn2c1. The maximum Gasteiger partial charge on any atom is 0.226 e. The van der Waals surface area contributed by atoms with Crippen LogP contribution in [0.1, 0.15) is 52.5 Å². The molecule has 9 heteroatoms. The summed E-state index contributed by atoms with van der Waals surface area (Å²) < 4.78 is 7.47. The van der Waals surface area contributed by atoms with E-state index in [1.165, 1.54) is 6.20 Å². The largest absolute Gasteiger partial charge is 0.489 e. The topological polar surface area (TPSA) is 107 Å². The molecule has 3 aliphatic heterocycles. The molecule has 1 amide bonds. The van der Waals surface area contributed by atoms with Gasteiger partial charge in [0.15, 0.2) is 0 Å². The first-order chi connectivity index (χ1) is 18.0. The highest BCUT2D eigenvalue weighted by Gasteiger charge is 2.51. The zero-order valence-corrected chi connectivity index (χ0v) is 22.4. The second-order valence-electron chi connectivity index (χ2n) is 12.5. The highest BCUT2D eigenvalue weighted by molar-refractivity contribution is 5.85. The van der Waals surface area contributed by atoms with Crippen molar-refractivity contribution in [1.82, 2.24) is 19.5 Å². The number of rotatable bonds is 6. The first-order valence-corrected chi connectivity index (χ1v) is 13.3. The van der Waals surface area contributed by atoms with Crippen LogP contribution in [0.2, 0.25) is 0 Å². The Morgan fingerprint density at radius 1 is 1.24 bits per heavy atom. The minimum atomic E-state index is -0.982. The van der Waals surface area contributed by atoms with Gasteiger partial charge in [0.2, 0.25) is 5.91 Å². The van der Waals surface area contributed by atoms with E-state index in [0.29, 0.717) is 28.2 Å².